The standard InChI is InChI=1S/C24H22FN3O4/c1-14-9-23(29)28(12-14)13-17-10-20(25)19(24(30)31)11-22(17)32-18-6-4-16(5-7-18)21-8-3-15(2)26-27-21/h3-8,10-11,14H,9,12-13H2,1-2H3,(H,30,31). The van der Waals surface area contributed by atoms with Gasteiger partial charge in [0.15, 0.2) is 0 Å². The van der Waals surface area contributed by atoms with Gasteiger partial charge in [-0.15, -0.1) is 0 Å². The van der Waals surface area contributed by atoms with E-state index in [2.05, 4.69) is 10.2 Å². The fraction of sp³-hybridized carbons (Fsp3) is 0.250. The predicted molar refractivity (Wildman–Crippen MR) is 115 cm³/mol. The average molecular weight is 435 g/mol. The van der Waals surface area contributed by atoms with Gasteiger partial charge in [-0.3, -0.25) is 4.79 Å². The van der Waals surface area contributed by atoms with E-state index in [-0.39, 0.29) is 24.1 Å². The van der Waals surface area contributed by atoms with Crippen molar-refractivity contribution in [1.29, 1.82) is 0 Å². The Morgan fingerprint density at radius 2 is 1.94 bits per heavy atom. The number of halogens is 1. The summed E-state index contributed by atoms with van der Waals surface area (Å²) in [6, 6.07) is 13.1. The van der Waals surface area contributed by atoms with Gasteiger partial charge in [0.05, 0.1) is 17.0 Å². The molecule has 0 bridgehead atoms. The number of nitrogens with zero attached hydrogens (tertiary/aromatic N) is 3. The average Bonchev–Trinajstić information content (AvgIpc) is 3.07. The zero-order chi connectivity index (χ0) is 22.8. The van der Waals surface area contributed by atoms with Crippen LogP contribution in [0.1, 0.15) is 35.0 Å². The maximum Gasteiger partial charge on any atom is 0.338 e. The van der Waals surface area contributed by atoms with Gasteiger partial charge in [-0.1, -0.05) is 6.92 Å². The Morgan fingerprint density at radius 3 is 2.53 bits per heavy atom. The smallest absolute Gasteiger partial charge is 0.338 e. The van der Waals surface area contributed by atoms with Gasteiger partial charge in [-0.05, 0) is 61.4 Å². The first-order valence-electron chi connectivity index (χ1n) is 10.2. The quantitative estimate of drug-likeness (QED) is 0.615. The minimum atomic E-state index is -1.39. The van der Waals surface area contributed by atoms with Crippen LogP contribution in [-0.2, 0) is 11.3 Å². The number of carbonyl (C=O) groups excluding carboxylic acids is 1. The van der Waals surface area contributed by atoms with Crippen LogP contribution in [0.25, 0.3) is 11.3 Å². The van der Waals surface area contributed by atoms with Crippen molar-refractivity contribution < 1.29 is 23.8 Å². The summed E-state index contributed by atoms with van der Waals surface area (Å²) in [6.45, 7) is 4.54. The number of aromatic carboxylic acids is 1. The summed E-state index contributed by atoms with van der Waals surface area (Å²) < 4.78 is 20.3. The van der Waals surface area contributed by atoms with Crippen molar-refractivity contribution in [3.63, 3.8) is 0 Å². The van der Waals surface area contributed by atoms with Crippen LogP contribution in [0.2, 0.25) is 0 Å². The Kier molecular flexibility index (Phi) is 5.85. The molecule has 7 nitrogen and oxygen atoms in total. The topological polar surface area (TPSA) is 92.6 Å². The van der Waals surface area contributed by atoms with Gasteiger partial charge in [-0.25, -0.2) is 9.18 Å². The molecule has 2 heterocycles. The fourth-order valence-corrected chi connectivity index (χ4v) is 3.68. The number of hydrogen-bond acceptors (Lipinski definition) is 5. The van der Waals surface area contributed by atoms with Gasteiger partial charge in [0, 0.05) is 30.6 Å². The minimum absolute atomic E-state index is 0.0188. The molecule has 1 unspecified atom stereocenters. The number of carboxylic acids is 1. The highest BCUT2D eigenvalue weighted by Crippen LogP contribution is 2.32. The van der Waals surface area contributed by atoms with Crippen LogP contribution in [-0.4, -0.2) is 38.6 Å². The molecular formula is C24H22FN3O4. The van der Waals surface area contributed by atoms with E-state index in [1.807, 2.05) is 38.1 Å². The first-order chi connectivity index (χ1) is 15.3. The van der Waals surface area contributed by atoms with Crippen LogP contribution < -0.4 is 4.74 Å². The van der Waals surface area contributed by atoms with Crippen LogP contribution in [0.15, 0.2) is 48.5 Å². The normalized spacial score (nSPS) is 15.8. The number of likely N-dealkylation sites (tertiary alicyclic amines) is 1. The predicted octanol–water partition coefficient (Wildman–Crippen LogP) is 4.45. The van der Waals surface area contributed by atoms with E-state index in [1.165, 1.54) is 0 Å². The highest BCUT2D eigenvalue weighted by Gasteiger charge is 2.28. The summed E-state index contributed by atoms with van der Waals surface area (Å²) in [4.78, 5) is 25.3. The first kappa shape index (κ1) is 21.4. The number of carboxylic acid groups (broad SMARTS) is 1. The lowest BCUT2D eigenvalue weighted by molar-refractivity contribution is -0.128. The number of amides is 1. The Morgan fingerprint density at radius 1 is 1.19 bits per heavy atom. The molecule has 164 valence electrons. The second kappa shape index (κ2) is 8.74. The molecule has 1 N–H and O–H groups in total. The van der Waals surface area contributed by atoms with Crippen molar-refractivity contribution in [1.82, 2.24) is 15.1 Å². The molecular weight excluding hydrogens is 413 g/mol. The number of hydrogen-bond donors (Lipinski definition) is 1. The van der Waals surface area contributed by atoms with Crippen LogP contribution in [0.5, 0.6) is 11.5 Å². The van der Waals surface area contributed by atoms with Gasteiger partial charge >= 0.3 is 5.97 Å². The Bertz CT molecular complexity index is 1160. The molecule has 1 aliphatic heterocycles. The molecule has 32 heavy (non-hydrogen) atoms. The molecule has 1 aliphatic rings. The summed E-state index contributed by atoms with van der Waals surface area (Å²) in [5.41, 5.74) is 2.28. The van der Waals surface area contributed by atoms with Crippen molar-refractivity contribution in [2.24, 2.45) is 5.92 Å². The molecule has 4 rings (SSSR count). The SMILES string of the molecule is Cc1ccc(-c2ccc(Oc3cc(C(=O)O)c(F)cc3CN3CC(C)CC3=O)cc2)nn1. The Balaban J connectivity index is 1.62. The van der Waals surface area contributed by atoms with E-state index in [1.54, 1.807) is 17.0 Å². The van der Waals surface area contributed by atoms with Crippen molar-refractivity contribution in [2.75, 3.05) is 6.54 Å². The fourth-order valence-electron chi connectivity index (χ4n) is 3.68. The second-order valence-electron chi connectivity index (χ2n) is 8.01. The maximum atomic E-state index is 14.4. The van der Waals surface area contributed by atoms with Gasteiger partial charge in [-0.2, -0.15) is 10.2 Å². The summed E-state index contributed by atoms with van der Waals surface area (Å²) >= 11 is 0. The Hall–Kier alpha value is -3.81. The number of aryl methyl sites for hydroxylation is 1. The molecule has 8 heteroatoms. The number of aromatic nitrogens is 2. The van der Waals surface area contributed by atoms with Crippen molar-refractivity contribution in [2.45, 2.75) is 26.8 Å². The highest BCUT2D eigenvalue weighted by molar-refractivity contribution is 5.88. The van der Waals surface area contributed by atoms with Crippen LogP contribution in [0, 0.1) is 18.7 Å². The largest absolute Gasteiger partial charge is 0.478 e. The summed E-state index contributed by atoms with van der Waals surface area (Å²) in [6.07, 6.45) is 0.440. The molecule has 1 aromatic heterocycles. The van der Waals surface area contributed by atoms with Gasteiger partial charge in [0.1, 0.15) is 17.3 Å². The van der Waals surface area contributed by atoms with E-state index in [9.17, 15) is 19.1 Å². The monoisotopic (exact) mass is 435 g/mol. The molecule has 0 spiro atoms. The van der Waals surface area contributed by atoms with Crippen molar-refractivity contribution >= 4 is 11.9 Å². The lowest BCUT2D eigenvalue weighted by Crippen LogP contribution is -2.25. The molecule has 3 aromatic rings. The van der Waals surface area contributed by atoms with Gasteiger partial charge < -0.3 is 14.7 Å². The molecule has 1 fully saturated rings. The van der Waals surface area contributed by atoms with Gasteiger partial charge in [0.25, 0.3) is 0 Å². The molecule has 1 amide bonds. The molecule has 1 atom stereocenters. The number of ether oxygens (including phenoxy) is 1. The lowest BCUT2D eigenvalue weighted by atomic mass is 10.1. The molecule has 0 saturated carbocycles. The Labute approximate surface area is 184 Å². The zero-order valence-corrected chi connectivity index (χ0v) is 17.7. The molecule has 0 aliphatic carbocycles. The second-order valence-corrected chi connectivity index (χ2v) is 8.01. The third kappa shape index (κ3) is 4.59. The van der Waals surface area contributed by atoms with E-state index in [0.29, 0.717) is 30.0 Å². The van der Waals surface area contributed by atoms with E-state index in [4.69, 9.17) is 4.74 Å². The number of carbonyl (C=O) groups is 2. The van der Waals surface area contributed by atoms with Crippen LogP contribution in [0.3, 0.4) is 0 Å². The zero-order valence-electron chi connectivity index (χ0n) is 17.7. The van der Waals surface area contributed by atoms with Crippen LogP contribution >= 0.6 is 0 Å². The molecule has 2 aromatic carbocycles. The van der Waals surface area contributed by atoms with E-state index < -0.39 is 17.3 Å². The summed E-state index contributed by atoms with van der Waals surface area (Å²) in [5, 5.41) is 17.5. The van der Waals surface area contributed by atoms with Crippen LogP contribution in [0.4, 0.5) is 4.39 Å². The van der Waals surface area contributed by atoms with E-state index >= 15 is 0 Å². The van der Waals surface area contributed by atoms with E-state index in [0.717, 1.165) is 23.4 Å². The minimum Gasteiger partial charge on any atom is -0.478 e. The summed E-state index contributed by atoms with van der Waals surface area (Å²) in [5.74, 6) is -1.42. The van der Waals surface area contributed by atoms with Crippen molar-refractivity contribution in [3.8, 4) is 22.8 Å². The number of benzene rings is 2. The van der Waals surface area contributed by atoms with Gasteiger partial charge in [0.2, 0.25) is 5.91 Å². The molecule has 1 saturated heterocycles. The number of rotatable bonds is 6. The summed E-state index contributed by atoms with van der Waals surface area (Å²) in [7, 11) is 0. The highest BCUT2D eigenvalue weighted by atomic mass is 19.1. The lowest BCUT2D eigenvalue weighted by Gasteiger charge is -2.19. The van der Waals surface area contributed by atoms with Crippen molar-refractivity contribution in [3.05, 3.63) is 71.2 Å². The molecule has 0 radical (unpaired) electrons. The maximum absolute atomic E-state index is 14.4. The third-order valence-electron chi connectivity index (χ3n) is 5.33. The third-order valence-corrected chi connectivity index (χ3v) is 5.33. The first-order valence-corrected chi connectivity index (χ1v) is 10.2.